The van der Waals surface area contributed by atoms with Gasteiger partial charge in [-0.2, -0.15) is 4.31 Å². The number of anilines is 2. The van der Waals surface area contributed by atoms with Gasteiger partial charge in [-0.3, -0.25) is 4.79 Å². The van der Waals surface area contributed by atoms with Gasteiger partial charge in [-0.05, 0) is 73.7 Å². The maximum Gasteiger partial charge on any atom is 0.255 e. The Labute approximate surface area is 216 Å². The van der Waals surface area contributed by atoms with Crippen molar-refractivity contribution in [2.24, 2.45) is 0 Å². The highest BCUT2D eigenvalue weighted by atomic mass is 35.5. The number of carbonyl (C=O) groups excluding carboxylic acids is 1. The molecule has 0 spiro atoms. The highest BCUT2D eigenvalue weighted by molar-refractivity contribution is 7.89. The van der Waals surface area contributed by atoms with Crippen LogP contribution in [-0.4, -0.2) is 58.5 Å². The van der Waals surface area contributed by atoms with Crippen LogP contribution in [0.5, 0.6) is 11.5 Å². The summed E-state index contributed by atoms with van der Waals surface area (Å²) in [5.74, 6) is 0.771. The van der Waals surface area contributed by atoms with E-state index in [-0.39, 0.29) is 10.6 Å². The molecular formula is C26H28ClN3O5S. The topological polar surface area (TPSA) is 88.2 Å². The van der Waals surface area contributed by atoms with Gasteiger partial charge in [0.05, 0.1) is 24.3 Å². The van der Waals surface area contributed by atoms with Crippen molar-refractivity contribution in [1.82, 2.24) is 4.31 Å². The maximum absolute atomic E-state index is 13.5. The summed E-state index contributed by atoms with van der Waals surface area (Å²) in [6.45, 7) is 3.98. The molecule has 0 bridgehead atoms. The van der Waals surface area contributed by atoms with Crippen molar-refractivity contribution >= 4 is 38.9 Å². The lowest BCUT2D eigenvalue weighted by molar-refractivity contribution is 0.102. The Balaban J connectivity index is 1.51. The first-order chi connectivity index (χ1) is 17.3. The van der Waals surface area contributed by atoms with Gasteiger partial charge in [0, 0.05) is 42.5 Å². The highest BCUT2D eigenvalue weighted by Gasteiger charge is 2.29. The predicted octanol–water partition coefficient (Wildman–Crippen LogP) is 4.51. The summed E-state index contributed by atoms with van der Waals surface area (Å²) in [5, 5.41) is 3.29. The van der Waals surface area contributed by atoms with Gasteiger partial charge in [0.15, 0.2) is 0 Å². The lowest BCUT2D eigenvalue weighted by Gasteiger charge is -2.35. The molecule has 190 valence electrons. The number of methoxy groups -OCH3 is 1. The standard InChI is InChI=1S/C26H28ClN3O5S/c1-3-35-25-13-12-23(18-24(25)28-26(31)19-4-6-20(27)7-5-19)36(32,33)30-16-14-29(15-17-30)21-8-10-22(34-2)11-9-21/h4-13,18H,3,14-17H2,1-2H3,(H,28,31). The van der Waals surface area contributed by atoms with Crippen LogP contribution in [0.25, 0.3) is 0 Å². The molecule has 1 aliphatic rings. The fourth-order valence-electron chi connectivity index (χ4n) is 3.97. The second-order valence-corrected chi connectivity index (χ2v) is 10.5. The van der Waals surface area contributed by atoms with Crippen LogP contribution in [0.1, 0.15) is 17.3 Å². The molecule has 1 heterocycles. The molecule has 3 aromatic rings. The number of hydrogen-bond acceptors (Lipinski definition) is 6. The van der Waals surface area contributed by atoms with Gasteiger partial charge in [0.1, 0.15) is 11.5 Å². The number of ether oxygens (including phenoxy) is 2. The number of nitrogens with one attached hydrogen (secondary N) is 1. The van der Waals surface area contributed by atoms with Crippen LogP contribution in [0.3, 0.4) is 0 Å². The lowest BCUT2D eigenvalue weighted by atomic mass is 10.2. The maximum atomic E-state index is 13.5. The fraction of sp³-hybridized carbons (Fsp3) is 0.269. The third-order valence-corrected chi connectivity index (χ3v) is 8.07. The van der Waals surface area contributed by atoms with Gasteiger partial charge in [0.25, 0.3) is 5.91 Å². The number of amides is 1. The minimum Gasteiger partial charge on any atom is -0.497 e. The van der Waals surface area contributed by atoms with Crippen molar-refractivity contribution in [1.29, 1.82) is 0 Å². The monoisotopic (exact) mass is 529 g/mol. The quantitative estimate of drug-likeness (QED) is 0.462. The van der Waals surface area contributed by atoms with E-state index < -0.39 is 15.9 Å². The van der Waals surface area contributed by atoms with Crippen molar-refractivity contribution in [3.8, 4) is 11.5 Å². The second kappa shape index (κ2) is 11.2. The van der Waals surface area contributed by atoms with E-state index in [2.05, 4.69) is 10.2 Å². The van der Waals surface area contributed by atoms with Crippen LogP contribution >= 0.6 is 11.6 Å². The van der Waals surface area contributed by atoms with Gasteiger partial charge >= 0.3 is 0 Å². The summed E-state index contributed by atoms with van der Waals surface area (Å²) >= 11 is 5.91. The van der Waals surface area contributed by atoms with Crippen LogP contribution in [-0.2, 0) is 10.0 Å². The first-order valence-corrected chi connectivity index (χ1v) is 13.4. The molecule has 8 nitrogen and oxygen atoms in total. The molecule has 0 saturated carbocycles. The van der Waals surface area contributed by atoms with E-state index in [0.29, 0.717) is 49.1 Å². The molecule has 0 aromatic heterocycles. The predicted molar refractivity (Wildman–Crippen MR) is 141 cm³/mol. The molecule has 10 heteroatoms. The van der Waals surface area contributed by atoms with Crippen molar-refractivity contribution in [3.63, 3.8) is 0 Å². The zero-order valence-electron chi connectivity index (χ0n) is 20.1. The van der Waals surface area contributed by atoms with E-state index in [1.165, 1.54) is 16.4 Å². The Morgan fingerprint density at radius 1 is 0.972 bits per heavy atom. The van der Waals surface area contributed by atoms with Crippen molar-refractivity contribution in [2.45, 2.75) is 11.8 Å². The Bertz CT molecular complexity index is 1310. The number of carbonyl (C=O) groups is 1. The molecule has 1 amide bonds. The van der Waals surface area contributed by atoms with Crippen LogP contribution in [0.15, 0.2) is 71.6 Å². The Morgan fingerprint density at radius 3 is 2.25 bits per heavy atom. The summed E-state index contributed by atoms with van der Waals surface area (Å²) < 4.78 is 39.2. The minimum atomic E-state index is -3.78. The molecule has 3 aromatic carbocycles. The lowest BCUT2D eigenvalue weighted by Crippen LogP contribution is -2.48. The molecule has 1 N–H and O–H groups in total. The van der Waals surface area contributed by atoms with Gasteiger partial charge in [-0.15, -0.1) is 0 Å². The van der Waals surface area contributed by atoms with Gasteiger partial charge in [0.2, 0.25) is 10.0 Å². The molecule has 4 rings (SSSR count). The number of piperazine rings is 1. The third-order valence-electron chi connectivity index (χ3n) is 5.92. The Hall–Kier alpha value is -3.27. The van der Waals surface area contributed by atoms with Crippen molar-refractivity contribution in [2.75, 3.05) is 50.1 Å². The molecule has 1 fully saturated rings. The van der Waals surface area contributed by atoms with E-state index in [9.17, 15) is 13.2 Å². The summed E-state index contributed by atoms with van der Waals surface area (Å²) in [4.78, 5) is 15.0. The molecule has 1 saturated heterocycles. The molecular weight excluding hydrogens is 502 g/mol. The molecule has 0 atom stereocenters. The molecule has 1 aliphatic heterocycles. The molecule has 36 heavy (non-hydrogen) atoms. The molecule has 0 unspecified atom stereocenters. The van der Waals surface area contributed by atoms with Crippen LogP contribution in [0, 0.1) is 0 Å². The summed E-state index contributed by atoms with van der Waals surface area (Å²) in [5.41, 5.74) is 1.70. The van der Waals surface area contributed by atoms with E-state index in [1.807, 2.05) is 31.2 Å². The first kappa shape index (κ1) is 25.8. The summed E-state index contributed by atoms with van der Waals surface area (Å²) in [7, 11) is -2.16. The smallest absolute Gasteiger partial charge is 0.255 e. The average molecular weight is 530 g/mol. The van der Waals surface area contributed by atoms with Crippen LogP contribution in [0.2, 0.25) is 5.02 Å². The Kier molecular flexibility index (Phi) is 8.03. The highest BCUT2D eigenvalue weighted by Crippen LogP contribution is 2.31. The average Bonchev–Trinajstić information content (AvgIpc) is 2.90. The number of rotatable bonds is 8. The van der Waals surface area contributed by atoms with E-state index in [1.54, 1.807) is 37.4 Å². The minimum absolute atomic E-state index is 0.0928. The number of hydrogen-bond donors (Lipinski definition) is 1. The van der Waals surface area contributed by atoms with Crippen molar-refractivity contribution in [3.05, 3.63) is 77.3 Å². The van der Waals surface area contributed by atoms with E-state index in [0.717, 1.165) is 11.4 Å². The molecule has 0 aliphatic carbocycles. The van der Waals surface area contributed by atoms with E-state index in [4.69, 9.17) is 21.1 Å². The van der Waals surface area contributed by atoms with Crippen molar-refractivity contribution < 1.29 is 22.7 Å². The third kappa shape index (κ3) is 5.75. The van der Waals surface area contributed by atoms with E-state index >= 15 is 0 Å². The fourth-order valence-corrected chi connectivity index (χ4v) is 5.55. The first-order valence-electron chi connectivity index (χ1n) is 11.5. The number of nitrogens with zero attached hydrogens (tertiary/aromatic N) is 2. The summed E-state index contributed by atoms with van der Waals surface area (Å²) in [6, 6.07) is 18.7. The van der Waals surface area contributed by atoms with Gasteiger partial charge in [-0.1, -0.05) is 11.6 Å². The molecule has 0 radical (unpaired) electrons. The Morgan fingerprint density at radius 2 is 1.64 bits per heavy atom. The number of halogens is 1. The number of sulfonamides is 1. The second-order valence-electron chi connectivity index (χ2n) is 8.14. The van der Waals surface area contributed by atoms with Gasteiger partial charge < -0.3 is 19.7 Å². The van der Waals surface area contributed by atoms with Crippen LogP contribution < -0.4 is 19.7 Å². The zero-order chi connectivity index (χ0) is 25.7. The SMILES string of the molecule is CCOc1ccc(S(=O)(=O)N2CCN(c3ccc(OC)cc3)CC2)cc1NC(=O)c1ccc(Cl)cc1. The normalized spacial score (nSPS) is 14.4. The zero-order valence-corrected chi connectivity index (χ0v) is 21.7. The largest absolute Gasteiger partial charge is 0.497 e. The van der Waals surface area contributed by atoms with Crippen LogP contribution in [0.4, 0.5) is 11.4 Å². The summed E-state index contributed by atoms with van der Waals surface area (Å²) in [6.07, 6.45) is 0. The van der Waals surface area contributed by atoms with Gasteiger partial charge in [-0.25, -0.2) is 8.42 Å². The number of benzene rings is 3.